The zero-order chi connectivity index (χ0) is 12.7. The molecule has 0 bridgehead atoms. The van der Waals surface area contributed by atoms with E-state index in [4.69, 9.17) is 27.4 Å². The molecular weight excluding hydrogens is 224 g/mol. The maximum atomic E-state index is 9.21. The number of ether oxygens (including phenoxy) is 1. The van der Waals surface area contributed by atoms with Gasteiger partial charge < -0.3 is 32.2 Å². The number of carboxylic acid groups (broad SMARTS) is 2. The highest BCUT2D eigenvalue weighted by atomic mass is 16.7. The Balaban J connectivity index is 0.000000293. The molecule has 0 radical (unpaired) electrons. The molecule has 0 aliphatic carbocycles. The van der Waals surface area contributed by atoms with Gasteiger partial charge in [0.05, 0.1) is 0 Å². The molecule has 0 saturated heterocycles. The lowest BCUT2D eigenvalue weighted by atomic mass is 10.9. The highest BCUT2D eigenvalue weighted by Crippen LogP contribution is 1.97. The molecule has 0 amide bonds. The Kier molecular flexibility index (Phi) is 4.76. The van der Waals surface area contributed by atoms with E-state index in [2.05, 4.69) is 19.7 Å². The van der Waals surface area contributed by atoms with E-state index < -0.39 is 12.3 Å². The summed E-state index contributed by atoms with van der Waals surface area (Å²) in [7, 11) is 0. The Labute approximate surface area is 87.9 Å². The third-order valence-electron chi connectivity index (χ3n) is 0.862. The first kappa shape index (κ1) is 13.1. The molecule has 0 atom stereocenters. The average molecular weight is 232 g/mol. The molecule has 0 aromatic carbocycles. The lowest BCUT2D eigenvalue weighted by Crippen LogP contribution is -2.05. The normalized spacial score (nSPS) is 8.50. The van der Waals surface area contributed by atoms with Crippen molar-refractivity contribution in [1.82, 2.24) is 15.0 Å². The standard InChI is InChI=1S/C3H6N6.C2H2O5/c4-1-7-2(5)9-3(6)8-1;3-1(4)7-2(5)6/h(H6,4,5,6,7,8,9);(H,3,4)(H,5,6). The fourth-order valence-corrected chi connectivity index (χ4v) is 0.502. The number of rotatable bonds is 0. The van der Waals surface area contributed by atoms with Crippen LogP contribution in [0.15, 0.2) is 0 Å². The van der Waals surface area contributed by atoms with Crippen molar-refractivity contribution in [3.8, 4) is 0 Å². The first-order chi connectivity index (χ1) is 7.31. The van der Waals surface area contributed by atoms with Crippen molar-refractivity contribution in [2.24, 2.45) is 0 Å². The van der Waals surface area contributed by atoms with Crippen LogP contribution in [0.1, 0.15) is 0 Å². The number of anilines is 3. The van der Waals surface area contributed by atoms with Crippen LogP contribution in [0.25, 0.3) is 0 Å². The number of carbonyl (C=O) groups is 2. The summed E-state index contributed by atoms with van der Waals surface area (Å²) in [4.78, 5) is 28.9. The molecule has 1 aromatic rings. The lowest BCUT2D eigenvalue weighted by Gasteiger charge is -1.93. The van der Waals surface area contributed by atoms with Gasteiger partial charge in [-0.15, -0.1) is 0 Å². The third kappa shape index (κ3) is 6.64. The van der Waals surface area contributed by atoms with E-state index in [1.807, 2.05) is 0 Å². The maximum absolute atomic E-state index is 9.21. The van der Waals surface area contributed by atoms with E-state index in [0.29, 0.717) is 0 Å². The summed E-state index contributed by atoms with van der Waals surface area (Å²) in [6.45, 7) is 0. The van der Waals surface area contributed by atoms with Gasteiger partial charge in [0.25, 0.3) is 0 Å². The second kappa shape index (κ2) is 5.79. The average Bonchev–Trinajstić information content (AvgIpc) is 1.97. The quantitative estimate of drug-likeness (QED) is 0.270. The molecular formula is C5H8N6O5. The maximum Gasteiger partial charge on any atom is 0.516 e. The van der Waals surface area contributed by atoms with Gasteiger partial charge in [-0.05, 0) is 0 Å². The summed E-state index contributed by atoms with van der Waals surface area (Å²) < 4.78 is 3.08. The Morgan fingerprint density at radius 2 is 1.12 bits per heavy atom. The topological polar surface area (TPSA) is 201 Å². The van der Waals surface area contributed by atoms with Gasteiger partial charge in [0, 0.05) is 0 Å². The van der Waals surface area contributed by atoms with Crippen molar-refractivity contribution in [2.45, 2.75) is 0 Å². The zero-order valence-corrected chi connectivity index (χ0v) is 7.69. The molecule has 1 heterocycles. The van der Waals surface area contributed by atoms with Crippen molar-refractivity contribution < 1.29 is 24.5 Å². The van der Waals surface area contributed by atoms with Crippen LogP contribution < -0.4 is 17.2 Å². The lowest BCUT2D eigenvalue weighted by molar-refractivity contribution is 0.0802. The minimum absolute atomic E-state index is 0.0417. The van der Waals surface area contributed by atoms with Crippen LogP contribution in [-0.4, -0.2) is 37.5 Å². The predicted molar refractivity (Wildman–Crippen MR) is 50.2 cm³/mol. The van der Waals surface area contributed by atoms with Gasteiger partial charge in [0.15, 0.2) is 0 Å². The minimum Gasteiger partial charge on any atom is -0.449 e. The summed E-state index contributed by atoms with van der Waals surface area (Å²) in [6.07, 6.45) is -3.62. The molecule has 16 heavy (non-hydrogen) atoms. The van der Waals surface area contributed by atoms with Crippen LogP contribution in [0.4, 0.5) is 27.4 Å². The number of hydrogen-bond donors (Lipinski definition) is 5. The van der Waals surface area contributed by atoms with Crippen LogP contribution in [0, 0.1) is 0 Å². The SMILES string of the molecule is Nc1nc(N)nc(N)n1.O=C(O)OC(=O)O. The monoisotopic (exact) mass is 232 g/mol. The second-order valence-corrected chi connectivity index (χ2v) is 2.04. The van der Waals surface area contributed by atoms with Crippen LogP contribution >= 0.6 is 0 Å². The fraction of sp³-hybridized carbons (Fsp3) is 0. The molecule has 88 valence electrons. The van der Waals surface area contributed by atoms with E-state index in [-0.39, 0.29) is 17.8 Å². The first-order valence-electron chi connectivity index (χ1n) is 3.47. The smallest absolute Gasteiger partial charge is 0.449 e. The molecule has 1 rings (SSSR count). The van der Waals surface area contributed by atoms with Crippen molar-refractivity contribution >= 4 is 30.2 Å². The van der Waals surface area contributed by atoms with Crippen LogP contribution in [-0.2, 0) is 4.74 Å². The molecule has 0 saturated carbocycles. The molecule has 0 spiro atoms. The molecule has 8 N–H and O–H groups in total. The largest absolute Gasteiger partial charge is 0.516 e. The van der Waals surface area contributed by atoms with Crippen LogP contribution in [0.3, 0.4) is 0 Å². The zero-order valence-electron chi connectivity index (χ0n) is 7.69. The molecule has 0 aliphatic heterocycles. The number of nitrogen functional groups attached to an aromatic ring is 3. The van der Waals surface area contributed by atoms with Gasteiger partial charge in [-0.1, -0.05) is 0 Å². The van der Waals surface area contributed by atoms with Gasteiger partial charge in [-0.3, -0.25) is 0 Å². The molecule has 11 nitrogen and oxygen atoms in total. The molecule has 1 aromatic heterocycles. The third-order valence-corrected chi connectivity index (χ3v) is 0.862. The van der Waals surface area contributed by atoms with E-state index in [9.17, 15) is 9.59 Å². The number of hydrogen-bond acceptors (Lipinski definition) is 9. The number of nitrogens with zero attached hydrogens (tertiary/aromatic N) is 3. The van der Waals surface area contributed by atoms with E-state index in [0.717, 1.165) is 0 Å². The summed E-state index contributed by atoms with van der Waals surface area (Å²) >= 11 is 0. The second-order valence-electron chi connectivity index (χ2n) is 2.04. The molecule has 0 fully saturated rings. The fourth-order valence-electron chi connectivity index (χ4n) is 0.502. The predicted octanol–water partition coefficient (Wildman–Crippen LogP) is -1.02. The van der Waals surface area contributed by atoms with Gasteiger partial charge in [0.2, 0.25) is 17.8 Å². The van der Waals surface area contributed by atoms with Crippen LogP contribution in [0.2, 0.25) is 0 Å². The Bertz CT molecular complexity index is 332. The van der Waals surface area contributed by atoms with E-state index in [1.165, 1.54) is 0 Å². The van der Waals surface area contributed by atoms with Gasteiger partial charge >= 0.3 is 12.3 Å². The first-order valence-corrected chi connectivity index (χ1v) is 3.47. The Hall–Kier alpha value is -2.85. The summed E-state index contributed by atoms with van der Waals surface area (Å²) in [5, 5.41) is 15.0. The van der Waals surface area contributed by atoms with Gasteiger partial charge in [-0.2, -0.15) is 15.0 Å². The summed E-state index contributed by atoms with van der Waals surface area (Å²) in [6, 6.07) is 0. The summed E-state index contributed by atoms with van der Waals surface area (Å²) in [5.41, 5.74) is 15.4. The Morgan fingerprint density at radius 1 is 0.875 bits per heavy atom. The highest BCUT2D eigenvalue weighted by molar-refractivity contribution is 5.74. The van der Waals surface area contributed by atoms with Gasteiger partial charge in [-0.25, -0.2) is 9.59 Å². The summed E-state index contributed by atoms with van der Waals surface area (Å²) in [5.74, 6) is 0.125. The van der Waals surface area contributed by atoms with Crippen molar-refractivity contribution in [3.63, 3.8) is 0 Å². The van der Waals surface area contributed by atoms with Crippen molar-refractivity contribution in [2.75, 3.05) is 17.2 Å². The van der Waals surface area contributed by atoms with Crippen molar-refractivity contribution in [1.29, 1.82) is 0 Å². The van der Waals surface area contributed by atoms with E-state index >= 15 is 0 Å². The minimum atomic E-state index is -1.81. The van der Waals surface area contributed by atoms with Crippen LogP contribution in [0.5, 0.6) is 0 Å². The molecule has 0 aliphatic rings. The number of nitrogens with two attached hydrogens (primary N) is 3. The Morgan fingerprint density at radius 3 is 1.25 bits per heavy atom. The van der Waals surface area contributed by atoms with Crippen molar-refractivity contribution in [3.05, 3.63) is 0 Å². The van der Waals surface area contributed by atoms with Gasteiger partial charge in [0.1, 0.15) is 0 Å². The molecule has 11 heteroatoms. The highest BCUT2D eigenvalue weighted by Gasteiger charge is 2.01. The van der Waals surface area contributed by atoms with E-state index in [1.54, 1.807) is 0 Å². The number of aromatic nitrogens is 3. The molecule has 0 unspecified atom stereocenters.